The summed E-state index contributed by atoms with van der Waals surface area (Å²) in [6.07, 6.45) is -1.63. The van der Waals surface area contributed by atoms with Crippen LogP contribution in [-0.4, -0.2) is 10.7 Å². The van der Waals surface area contributed by atoms with Crippen LogP contribution in [0.3, 0.4) is 0 Å². The first-order valence-corrected chi connectivity index (χ1v) is 7.40. The van der Waals surface area contributed by atoms with Crippen molar-refractivity contribution < 1.29 is 18.3 Å². The zero-order valence-electron chi connectivity index (χ0n) is 12.8. The van der Waals surface area contributed by atoms with E-state index >= 15 is 0 Å². The first-order valence-electron chi connectivity index (χ1n) is 7.40. The van der Waals surface area contributed by atoms with Gasteiger partial charge in [0.25, 0.3) is 0 Å². The fourth-order valence-corrected chi connectivity index (χ4v) is 3.40. The maximum Gasteiger partial charge on any atom is 0.416 e. The molecule has 4 heteroatoms. The fourth-order valence-electron chi connectivity index (χ4n) is 3.40. The van der Waals surface area contributed by atoms with Gasteiger partial charge in [0, 0.05) is 6.42 Å². The van der Waals surface area contributed by atoms with Crippen LogP contribution in [-0.2, 0) is 12.6 Å². The Bertz CT molecular complexity index is 507. The number of rotatable bonds is 2. The van der Waals surface area contributed by atoms with Crippen LogP contribution in [0.1, 0.15) is 51.2 Å². The molecule has 2 atom stereocenters. The Morgan fingerprint density at radius 1 is 1.24 bits per heavy atom. The lowest BCUT2D eigenvalue weighted by Crippen LogP contribution is -2.45. The predicted molar refractivity (Wildman–Crippen MR) is 76.9 cm³/mol. The summed E-state index contributed by atoms with van der Waals surface area (Å²) in [4.78, 5) is 0. The van der Waals surface area contributed by atoms with Gasteiger partial charge in [-0.1, -0.05) is 39.0 Å². The Labute approximate surface area is 124 Å². The van der Waals surface area contributed by atoms with Gasteiger partial charge in [-0.2, -0.15) is 13.2 Å². The summed E-state index contributed by atoms with van der Waals surface area (Å²) < 4.78 is 38.3. The summed E-state index contributed by atoms with van der Waals surface area (Å²) in [5.41, 5.74) is -0.801. The van der Waals surface area contributed by atoms with Crippen molar-refractivity contribution in [3.8, 4) is 0 Å². The van der Waals surface area contributed by atoms with Crippen LogP contribution >= 0.6 is 0 Å². The molecule has 0 aromatic heterocycles. The first kappa shape index (κ1) is 16.3. The van der Waals surface area contributed by atoms with Gasteiger partial charge in [-0.3, -0.25) is 0 Å². The number of alkyl halides is 3. The smallest absolute Gasteiger partial charge is 0.389 e. The van der Waals surface area contributed by atoms with Crippen molar-refractivity contribution in [2.24, 2.45) is 11.3 Å². The van der Waals surface area contributed by atoms with Crippen molar-refractivity contribution in [1.82, 2.24) is 0 Å². The summed E-state index contributed by atoms with van der Waals surface area (Å²) in [6, 6.07) is 5.31. The Balaban J connectivity index is 2.18. The molecular weight excluding hydrogens is 277 g/mol. The third-order valence-corrected chi connectivity index (χ3v) is 4.78. The topological polar surface area (TPSA) is 20.2 Å². The molecule has 1 nitrogen and oxygen atoms in total. The standard InChI is InChI=1S/C17H23F3O/c1-12-10-15(2,3)7-8-16(12,21)11-13-5-4-6-14(9-13)17(18,19)20/h4-6,9,12,21H,7-8,10-11H2,1-3H3. The quantitative estimate of drug-likeness (QED) is 0.829. The van der Waals surface area contributed by atoms with Crippen molar-refractivity contribution in [2.45, 2.75) is 58.2 Å². The van der Waals surface area contributed by atoms with Gasteiger partial charge < -0.3 is 5.11 Å². The molecule has 118 valence electrons. The lowest BCUT2D eigenvalue weighted by atomic mass is 9.64. The minimum absolute atomic E-state index is 0.0794. The number of benzene rings is 1. The molecule has 1 aromatic rings. The molecule has 1 saturated carbocycles. The minimum atomic E-state index is -4.33. The SMILES string of the molecule is CC1CC(C)(C)CCC1(O)Cc1cccc(C(F)(F)F)c1. The molecule has 21 heavy (non-hydrogen) atoms. The lowest BCUT2D eigenvalue weighted by molar-refractivity contribution is -0.137. The van der Waals surface area contributed by atoms with Crippen LogP contribution in [0.15, 0.2) is 24.3 Å². The second kappa shape index (κ2) is 5.31. The van der Waals surface area contributed by atoms with Gasteiger partial charge in [0.2, 0.25) is 0 Å². The number of aliphatic hydroxyl groups is 1. The van der Waals surface area contributed by atoms with E-state index in [1.807, 2.05) is 6.92 Å². The number of halogens is 3. The van der Waals surface area contributed by atoms with Crippen LogP contribution in [0.4, 0.5) is 13.2 Å². The molecule has 1 aromatic carbocycles. The van der Waals surface area contributed by atoms with Crippen molar-refractivity contribution in [1.29, 1.82) is 0 Å². The number of hydrogen-bond acceptors (Lipinski definition) is 1. The zero-order chi connectivity index (χ0) is 15.9. The fraction of sp³-hybridized carbons (Fsp3) is 0.647. The summed E-state index contributed by atoms with van der Waals surface area (Å²) >= 11 is 0. The third-order valence-electron chi connectivity index (χ3n) is 4.78. The monoisotopic (exact) mass is 300 g/mol. The van der Waals surface area contributed by atoms with Gasteiger partial charge in [0.15, 0.2) is 0 Å². The average Bonchev–Trinajstić information content (AvgIpc) is 2.34. The van der Waals surface area contributed by atoms with E-state index < -0.39 is 17.3 Å². The minimum Gasteiger partial charge on any atom is -0.389 e. The molecule has 0 saturated heterocycles. The molecule has 1 aliphatic carbocycles. The van der Waals surface area contributed by atoms with E-state index in [4.69, 9.17) is 0 Å². The van der Waals surface area contributed by atoms with E-state index in [1.54, 1.807) is 6.07 Å². The van der Waals surface area contributed by atoms with Gasteiger partial charge >= 0.3 is 6.18 Å². The highest BCUT2D eigenvalue weighted by Crippen LogP contribution is 2.45. The van der Waals surface area contributed by atoms with Crippen LogP contribution < -0.4 is 0 Å². The van der Waals surface area contributed by atoms with Crippen molar-refractivity contribution in [3.05, 3.63) is 35.4 Å². The molecule has 2 unspecified atom stereocenters. The Morgan fingerprint density at radius 2 is 1.90 bits per heavy atom. The molecule has 1 aliphatic rings. The van der Waals surface area contributed by atoms with Crippen molar-refractivity contribution in [2.75, 3.05) is 0 Å². The molecular formula is C17H23F3O. The first-order chi connectivity index (χ1) is 9.52. The molecule has 0 amide bonds. The lowest BCUT2D eigenvalue weighted by Gasteiger charge is -2.45. The van der Waals surface area contributed by atoms with E-state index in [2.05, 4.69) is 13.8 Å². The Kier molecular flexibility index (Phi) is 4.13. The van der Waals surface area contributed by atoms with Gasteiger partial charge in [-0.25, -0.2) is 0 Å². The molecule has 2 rings (SSSR count). The zero-order valence-corrected chi connectivity index (χ0v) is 12.8. The molecule has 0 aliphatic heterocycles. The second-order valence-electron chi connectivity index (χ2n) is 7.25. The maximum atomic E-state index is 12.8. The summed E-state index contributed by atoms with van der Waals surface area (Å²) in [5, 5.41) is 10.8. The summed E-state index contributed by atoms with van der Waals surface area (Å²) in [6.45, 7) is 6.34. The highest BCUT2D eigenvalue weighted by molar-refractivity contribution is 5.27. The maximum absolute atomic E-state index is 12.8. The van der Waals surface area contributed by atoms with Crippen LogP contribution in [0, 0.1) is 11.3 Å². The van der Waals surface area contributed by atoms with E-state index in [0.717, 1.165) is 25.0 Å². The van der Waals surface area contributed by atoms with Gasteiger partial charge in [0.1, 0.15) is 0 Å². The summed E-state index contributed by atoms with van der Waals surface area (Å²) in [5.74, 6) is 0.0794. The van der Waals surface area contributed by atoms with E-state index in [9.17, 15) is 18.3 Å². The Hall–Kier alpha value is -1.03. The predicted octanol–water partition coefficient (Wildman–Crippen LogP) is 4.83. The molecule has 0 heterocycles. The van der Waals surface area contributed by atoms with Gasteiger partial charge in [0.05, 0.1) is 11.2 Å². The molecule has 0 bridgehead atoms. The highest BCUT2D eigenvalue weighted by atomic mass is 19.4. The largest absolute Gasteiger partial charge is 0.416 e. The van der Waals surface area contributed by atoms with E-state index in [0.29, 0.717) is 12.0 Å². The van der Waals surface area contributed by atoms with Crippen molar-refractivity contribution in [3.63, 3.8) is 0 Å². The Morgan fingerprint density at radius 3 is 2.48 bits per heavy atom. The average molecular weight is 300 g/mol. The third kappa shape index (κ3) is 3.79. The second-order valence-corrected chi connectivity index (χ2v) is 7.25. The van der Waals surface area contributed by atoms with Crippen LogP contribution in [0.5, 0.6) is 0 Å². The van der Waals surface area contributed by atoms with Crippen LogP contribution in [0.25, 0.3) is 0 Å². The van der Waals surface area contributed by atoms with Gasteiger partial charge in [-0.05, 0) is 42.2 Å². The normalized spacial score (nSPS) is 29.4. The number of hydrogen-bond donors (Lipinski definition) is 1. The van der Waals surface area contributed by atoms with E-state index in [1.165, 1.54) is 6.07 Å². The molecule has 1 N–H and O–H groups in total. The molecule has 0 radical (unpaired) electrons. The molecule has 0 spiro atoms. The van der Waals surface area contributed by atoms with E-state index in [-0.39, 0.29) is 17.8 Å². The highest BCUT2D eigenvalue weighted by Gasteiger charge is 2.42. The van der Waals surface area contributed by atoms with Crippen molar-refractivity contribution >= 4 is 0 Å². The summed E-state index contributed by atoms with van der Waals surface area (Å²) in [7, 11) is 0. The molecule has 1 fully saturated rings. The van der Waals surface area contributed by atoms with Crippen LogP contribution in [0.2, 0.25) is 0 Å². The van der Waals surface area contributed by atoms with Gasteiger partial charge in [-0.15, -0.1) is 0 Å².